The number of hydrogen-bond donors (Lipinski definition) is 1. The minimum atomic E-state index is -0.354. The monoisotopic (exact) mass is 192 g/mol. The SMILES string of the molecule is Cc1ccc(C)c2c1OCCC[C@H]2O. The van der Waals surface area contributed by atoms with Crippen LogP contribution >= 0.6 is 0 Å². The van der Waals surface area contributed by atoms with E-state index in [1.54, 1.807) is 0 Å². The summed E-state index contributed by atoms with van der Waals surface area (Å²) in [4.78, 5) is 0. The first-order valence-corrected chi connectivity index (χ1v) is 5.11. The molecule has 0 aromatic heterocycles. The minimum absolute atomic E-state index is 0.354. The lowest BCUT2D eigenvalue weighted by molar-refractivity contribution is 0.167. The van der Waals surface area contributed by atoms with E-state index in [1.807, 2.05) is 26.0 Å². The van der Waals surface area contributed by atoms with Crippen molar-refractivity contribution in [2.45, 2.75) is 32.8 Å². The summed E-state index contributed by atoms with van der Waals surface area (Å²) in [7, 11) is 0. The molecular weight excluding hydrogens is 176 g/mol. The Labute approximate surface area is 84.5 Å². The Morgan fingerprint density at radius 2 is 2.00 bits per heavy atom. The van der Waals surface area contributed by atoms with Crippen molar-refractivity contribution >= 4 is 0 Å². The predicted octanol–water partition coefficient (Wildman–Crippen LogP) is 2.51. The van der Waals surface area contributed by atoms with Crippen molar-refractivity contribution in [3.05, 3.63) is 28.8 Å². The van der Waals surface area contributed by atoms with Gasteiger partial charge in [0, 0.05) is 5.56 Å². The number of aryl methyl sites for hydroxylation is 2. The van der Waals surface area contributed by atoms with Gasteiger partial charge in [-0.05, 0) is 37.8 Å². The molecule has 0 bridgehead atoms. The maximum absolute atomic E-state index is 9.97. The van der Waals surface area contributed by atoms with Crippen LogP contribution in [0.15, 0.2) is 12.1 Å². The molecule has 1 aliphatic rings. The van der Waals surface area contributed by atoms with Crippen molar-refractivity contribution in [1.29, 1.82) is 0 Å². The van der Waals surface area contributed by atoms with E-state index in [1.165, 1.54) is 0 Å². The van der Waals surface area contributed by atoms with Crippen LogP contribution in [0, 0.1) is 13.8 Å². The number of hydrogen-bond acceptors (Lipinski definition) is 2. The summed E-state index contributed by atoms with van der Waals surface area (Å²) in [5.41, 5.74) is 3.23. The van der Waals surface area contributed by atoms with Gasteiger partial charge in [0.05, 0.1) is 12.7 Å². The lowest BCUT2D eigenvalue weighted by Gasteiger charge is -2.15. The zero-order valence-electron chi connectivity index (χ0n) is 8.71. The van der Waals surface area contributed by atoms with Crippen molar-refractivity contribution < 1.29 is 9.84 Å². The molecule has 0 saturated carbocycles. The first-order chi connectivity index (χ1) is 6.70. The Morgan fingerprint density at radius 1 is 1.29 bits per heavy atom. The Bertz CT molecular complexity index is 344. The molecule has 1 N–H and O–H groups in total. The number of ether oxygens (including phenoxy) is 1. The van der Waals surface area contributed by atoms with E-state index < -0.39 is 0 Å². The molecule has 0 aliphatic carbocycles. The van der Waals surface area contributed by atoms with Gasteiger partial charge in [-0.3, -0.25) is 0 Å². The fourth-order valence-corrected chi connectivity index (χ4v) is 2.01. The summed E-state index contributed by atoms with van der Waals surface area (Å²) in [5, 5.41) is 9.97. The lowest BCUT2D eigenvalue weighted by Crippen LogP contribution is -2.01. The third kappa shape index (κ3) is 1.50. The van der Waals surface area contributed by atoms with E-state index in [9.17, 15) is 5.11 Å². The van der Waals surface area contributed by atoms with Crippen molar-refractivity contribution in [3.8, 4) is 5.75 Å². The molecule has 0 amide bonds. The molecule has 1 aromatic rings. The van der Waals surface area contributed by atoms with Crippen molar-refractivity contribution in [2.24, 2.45) is 0 Å². The lowest BCUT2D eigenvalue weighted by atomic mass is 9.97. The van der Waals surface area contributed by atoms with Gasteiger partial charge in [0.25, 0.3) is 0 Å². The summed E-state index contributed by atoms with van der Waals surface area (Å²) in [6, 6.07) is 4.10. The van der Waals surface area contributed by atoms with Crippen LogP contribution in [0.2, 0.25) is 0 Å². The molecule has 0 saturated heterocycles. The van der Waals surface area contributed by atoms with Crippen LogP contribution in [0.5, 0.6) is 5.75 Å². The van der Waals surface area contributed by atoms with E-state index in [0.717, 1.165) is 35.3 Å². The van der Waals surface area contributed by atoms with E-state index in [2.05, 4.69) is 0 Å². The molecule has 1 aliphatic heterocycles. The molecule has 0 spiro atoms. The first-order valence-electron chi connectivity index (χ1n) is 5.11. The normalized spacial score (nSPS) is 20.9. The first kappa shape index (κ1) is 9.53. The highest BCUT2D eigenvalue weighted by molar-refractivity contribution is 5.47. The third-order valence-electron chi connectivity index (χ3n) is 2.81. The summed E-state index contributed by atoms with van der Waals surface area (Å²) in [5.74, 6) is 0.898. The van der Waals surface area contributed by atoms with Gasteiger partial charge in [-0.1, -0.05) is 12.1 Å². The number of rotatable bonds is 0. The van der Waals surface area contributed by atoms with Crippen LogP contribution in [0.4, 0.5) is 0 Å². The van der Waals surface area contributed by atoms with Gasteiger partial charge in [0.2, 0.25) is 0 Å². The Kier molecular flexibility index (Phi) is 2.46. The fraction of sp³-hybridized carbons (Fsp3) is 0.500. The number of benzene rings is 1. The second-order valence-electron chi connectivity index (χ2n) is 3.95. The summed E-state index contributed by atoms with van der Waals surface area (Å²) in [6.07, 6.45) is 1.37. The van der Waals surface area contributed by atoms with Gasteiger partial charge >= 0.3 is 0 Å². The predicted molar refractivity (Wildman–Crippen MR) is 55.6 cm³/mol. The molecule has 0 unspecified atom stereocenters. The van der Waals surface area contributed by atoms with Crippen LogP contribution in [0.1, 0.15) is 35.6 Å². The maximum Gasteiger partial charge on any atom is 0.128 e. The summed E-state index contributed by atoms with van der Waals surface area (Å²) < 4.78 is 5.67. The smallest absolute Gasteiger partial charge is 0.128 e. The van der Waals surface area contributed by atoms with Gasteiger partial charge in [0.15, 0.2) is 0 Å². The highest BCUT2D eigenvalue weighted by atomic mass is 16.5. The van der Waals surface area contributed by atoms with Gasteiger partial charge < -0.3 is 9.84 Å². The van der Waals surface area contributed by atoms with Crippen LogP contribution in [0.3, 0.4) is 0 Å². The summed E-state index contributed by atoms with van der Waals surface area (Å²) >= 11 is 0. The molecule has 1 heterocycles. The Morgan fingerprint density at radius 3 is 2.79 bits per heavy atom. The largest absolute Gasteiger partial charge is 0.493 e. The molecule has 2 nitrogen and oxygen atoms in total. The molecule has 0 radical (unpaired) electrons. The molecule has 1 aromatic carbocycles. The minimum Gasteiger partial charge on any atom is -0.493 e. The highest BCUT2D eigenvalue weighted by Crippen LogP contribution is 2.36. The van der Waals surface area contributed by atoms with E-state index in [0.29, 0.717) is 6.61 Å². The molecule has 1 atom stereocenters. The topological polar surface area (TPSA) is 29.5 Å². The van der Waals surface area contributed by atoms with E-state index >= 15 is 0 Å². The van der Waals surface area contributed by atoms with Crippen LogP contribution in [-0.2, 0) is 0 Å². The van der Waals surface area contributed by atoms with Gasteiger partial charge in [-0.25, -0.2) is 0 Å². The molecule has 2 heteroatoms. The second kappa shape index (κ2) is 3.62. The summed E-state index contributed by atoms with van der Waals surface area (Å²) in [6.45, 7) is 4.76. The van der Waals surface area contributed by atoms with Crippen molar-refractivity contribution in [2.75, 3.05) is 6.61 Å². The standard InChI is InChI=1S/C12H16O2/c1-8-5-6-9(2)12-11(8)10(13)4-3-7-14-12/h5-6,10,13H,3-4,7H2,1-2H3/t10-/m1/s1. The fourth-order valence-electron chi connectivity index (χ4n) is 2.01. The number of aliphatic hydroxyl groups excluding tert-OH is 1. The van der Waals surface area contributed by atoms with Crippen molar-refractivity contribution in [3.63, 3.8) is 0 Å². The third-order valence-corrected chi connectivity index (χ3v) is 2.81. The average molecular weight is 192 g/mol. The number of fused-ring (bicyclic) bond motifs is 1. The Hall–Kier alpha value is -1.02. The second-order valence-corrected chi connectivity index (χ2v) is 3.95. The van der Waals surface area contributed by atoms with Gasteiger partial charge in [-0.2, -0.15) is 0 Å². The molecular formula is C12H16O2. The zero-order valence-corrected chi connectivity index (χ0v) is 8.71. The van der Waals surface area contributed by atoms with Gasteiger partial charge in [0.1, 0.15) is 5.75 Å². The van der Waals surface area contributed by atoms with Gasteiger partial charge in [-0.15, -0.1) is 0 Å². The Balaban J connectivity index is 2.57. The molecule has 76 valence electrons. The zero-order chi connectivity index (χ0) is 10.1. The van der Waals surface area contributed by atoms with Crippen LogP contribution in [0.25, 0.3) is 0 Å². The number of aliphatic hydroxyl groups is 1. The van der Waals surface area contributed by atoms with E-state index in [-0.39, 0.29) is 6.10 Å². The van der Waals surface area contributed by atoms with Crippen LogP contribution in [-0.4, -0.2) is 11.7 Å². The van der Waals surface area contributed by atoms with Crippen molar-refractivity contribution in [1.82, 2.24) is 0 Å². The molecule has 14 heavy (non-hydrogen) atoms. The molecule has 0 fully saturated rings. The average Bonchev–Trinajstić information content (AvgIpc) is 2.35. The highest BCUT2D eigenvalue weighted by Gasteiger charge is 2.20. The van der Waals surface area contributed by atoms with E-state index in [4.69, 9.17) is 4.74 Å². The quantitative estimate of drug-likeness (QED) is 0.684. The molecule has 2 rings (SSSR count). The maximum atomic E-state index is 9.97. The van der Waals surface area contributed by atoms with Crippen LogP contribution < -0.4 is 4.74 Å².